The quantitative estimate of drug-likeness (QED) is 0.806. The molecule has 2 amide bonds. The zero-order chi connectivity index (χ0) is 15.9. The van der Waals surface area contributed by atoms with Crippen molar-refractivity contribution >= 4 is 17.5 Å². The van der Waals surface area contributed by atoms with E-state index in [-0.39, 0.29) is 11.8 Å². The van der Waals surface area contributed by atoms with E-state index in [1.807, 2.05) is 18.2 Å². The van der Waals surface area contributed by atoms with E-state index in [4.69, 9.17) is 9.47 Å². The van der Waals surface area contributed by atoms with E-state index in [0.717, 1.165) is 5.56 Å². The van der Waals surface area contributed by atoms with Crippen LogP contribution >= 0.6 is 0 Å². The number of ether oxygens (including phenoxy) is 2. The maximum atomic E-state index is 11.9. The highest BCUT2D eigenvalue weighted by Gasteiger charge is 2.17. The molecular formula is C15H19N3O4. The summed E-state index contributed by atoms with van der Waals surface area (Å²) in [5, 5.41) is 6.54. The first-order valence-electron chi connectivity index (χ1n) is 6.98. The summed E-state index contributed by atoms with van der Waals surface area (Å²) in [7, 11) is 3.17. The molecule has 0 fully saturated rings. The average molecular weight is 305 g/mol. The van der Waals surface area contributed by atoms with Crippen LogP contribution in [0.15, 0.2) is 23.3 Å². The Kier molecular flexibility index (Phi) is 5.35. The van der Waals surface area contributed by atoms with Crippen molar-refractivity contribution in [2.24, 2.45) is 5.10 Å². The van der Waals surface area contributed by atoms with E-state index >= 15 is 0 Å². The van der Waals surface area contributed by atoms with Gasteiger partial charge >= 0.3 is 0 Å². The first-order chi connectivity index (χ1) is 10.6. The van der Waals surface area contributed by atoms with Gasteiger partial charge in [0.05, 0.1) is 14.2 Å². The van der Waals surface area contributed by atoms with E-state index in [0.29, 0.717) is 43.0 Å². The molecule has 0 bridgehead atoms. The minimum absolute atomic E-state index is 0.165. The van der Waals surface area contributed by atoms with E-state index < -0.39 is 0 Å². The van der Waals surface area contributed by atoms with Gasteiger partial charge in [-0.25, -0.2) is 5.43 Å². The van der Waals surface area contributed by atoms with Crippen LogP contribution in [0.5, 0.6) is 11.5 Å². The van der Waals surface area contributed by atoms with Gasteiger partial charge in [0, 0.05) is 19.4 Å². The van der Waals surface area contributed by atoms with E-state index in [2.05, 4.69) is 15.8 Å². The second-order valence-corrected chi connectivity index (χ2v) is 4.79. The lowest BCUT2D eigenvalue weighted by molar-refractivity contribution is -0.121. The van der Waals surface area contributed by atoms with E-state index in [1.54, 1.807) is 14.2 Å². The van der Waals surface area contributed by atoms with Crippen LogP contribution in [0.3, 0.4) is 0 Å². The first kappa shape index (κ1) is 15.8. The van der Waals surface area contributed by atoms with Gasteiger partial charge in [0.15, 0.2) is 11.5 Å². The Hall–Kier alpha value is -2.57. The third-order valence-corrected chi connectivity index (χ3v) is 3.31. The molecule has 0 saturated heterocycles. The number of carbonyl (C=O) groups excluding carboxylic acids is 2. The number of benzene rings is 1. The molecule has 1 aromatic carbocycles. The molecule has 1 aliphatic rings. The standard InChI is InChI=1S/C15H19N3O4/c1-21-12-5-3-10(9-13(12)22-2)7-8-16-15(20)11-4-6-14(19)18-17-11/h3,5,9H,4,6-8H2,1-2H3,(H,16,20)(H,18,19). The molecule has 22 heavy (non-hydrogen) atoms. The largest absolute Gasteiger partial charge is 0.493 e. The molecule has 1 aromatic rings. The monoisotopic (exact) mass is 305 g/mol. The zero-order valence-corrected chi connectivity index (χ0v) is 12.6. The number of nitrogens with zero attached hydrogens (tertiary/aromatic N) is 1. The van der Waals surface area contributed by atoms with Crippen LogP contribution in [0, 0.1) is 0 Å². The van der Waals surface area contributed by atoms with Gasteiger partial charge in [0.1, 0.15) is 5.71 Å². The fourth-order valence-electron chi connectivity index (χ4n) is 2.10. The number of hydrogen-bond acceptors (Lipinski definition) is 5. The van der Waals surface area contributed by atoms with Crippen LogP contribution in [0.1, 0.15) is 18.4 Å². The van der Waals surface area contributed by atoms with E-state index in [9.17, 15) is 9.59 Å². The Morgan fingerprint density at radius 1 is 1.27 bits per heavy atom. The van der Waals surface area contributed by atoms with Crippen molar-refractivity contribution in [3.05, 3.63) is 23.8 Å². The smallest absolute Gasteiger partial charge is 0.267 e. The molecule has 7 nitrogen and oxygen atoms in total. The van der Waals surface area contributed by atoms with Gasteiger partial charge in [0.25, 0.3) is 5.91 Å². The van der Waals surface area contributed by atoms with Crippen molar-refractivity contribution in [2.45, 2.75) is 19.3 Å². The zero-order valence-electron chi connectivity index (χ0n) is 12.6. The number of nitrogens with one attached hydrogen (secondary N) is 2. The number of rotatable bonds is 6. The molecule has 0 saturated carbocycles. The van der Waals surface area contributed by atoms with Crippen molar-refractivity contribution in [2.75, 3.05) is 20.8 Å². The molecule has 0 atom stereocenters. The second-order valence-electron chi connectivity index (χ2n) is 4.79. The first-order valence-corrected chi connectivity index (χ1v) is 6.98. The SMILES string of the molecule is COc1ccc(CCNC(=O)C2=NNC(=O)CC2)cc1OC. The van der Waals surface area contributed by atoms with E-state index in [1.165, 1.54) is 0 Å². The van der Waals surface area contributed by atoms with Crippen molar-refractivity contribution in [1.29, 1.82) is 0 Å². The van der Waals surface area contributed by atoms with Gasteiger partial charge in [-0.3, -0.25) is 9.59 Å². The third-order valence-electron chi connectivity index (χ3n) is 3.31. The summed E-state index contributed by atoms with van der Waals surface area (Å²) < 4.78 is 10.4. The summed E-state index contributed by atoms with van der Waals surface area (Å²) in [5.74, 6) is 0.913. The van der Waals surface area contributed by atoms with Gasteiger partial charge in [-0.1, -0.05) is 6.07 Å². The van der Waals surface area contributed by atoms with Crippen molar-refractivity contribution in [1.82, 2.24) is 10.7 Å². The Bertz CT molecular complexity index is 598. The number of hydrazone groups is 1. The van der Waals surface area contributed by atoms with Gasteiger partial charge in [-0.2, -0.15) is 5.10 Å². The summed E-state index contributed by atoms with van der Waals surface area (Å²) in [4.78, 5) is 22.9. The minimum Gasteiger partial charge on any atom is -0.493 e. The lowest BCUT2D eigenvalue weighted by atomic mass is 10.1. The fourth-order valence-corrected chi connectivity index (χ4v) is 2.10. The maximum Gasteiger partial charge on any atom is 0.267 e. The summed E-state index contributed by atoms with van der Waals surface area (Å²) >= 11 is 0. The second kappa shape index (κ2) is 7.44. The Balaban J connectivity index is 1.86. The highest BCUT2D eigenvalue weighted by Crippen LogP contribution is 2.27. The minimum atomic E-state index is -0.250. The van der Waals surface area contributed by atoms with Gasteiger partial charge < -0.3 is 14.8 Å². The average Bonchev–Trinajstić information content (AvgIpc) is 2.55. The summed E-state index contributed by atoms with van der Waals surface area (Å²) in [6, 6.07) is 5.63. The number of amides is 2. The predicted molar refractivity (Wildman–Crippen MR) is 81.1 cm³/mol. The lowest BCUT2D eigenvalue weighted by Crippen LogP contribution is -2.37. The molecule has 1 aliphatic heterocycles. The molecule has 0 unspecified atom stereocenters. The molecule has 0 radical (unpaired) electrons. The Morgan fingerprint density at radius 2 is 2.05 bits per heavy atom. The Labute approximate surface area is 128 Å². The molecule has 7 heteroatoms. The molecule has 0 aliphatic carbocycles. The summed E-state index contributed by atoms with van der Waals surface area (Å²) in [6.07, 6.45) is 1.32. The highest BCUT2D eigenvalue weighted by molar-refractivity contribution is 6.39. The fraction of sp³-hybridized carbons (Fsp3) is 0.400. The third kappa shape index (κ3) is 3.97. The van der Waals surface area contributed by atoms with Crippen LogP contribution in [0.4, 0.5) is 0 Å². The Morgan fingerprint density at radius 3 is 2.68 bits per heavy atom. The normalized spacial score (nSPS) is 13.9. The number of carbonyl (C=O) groups is 2. The molecule has 1 heterocycles. The van der Waals surface area contributed by atoms with Crippen molar-refractivity contribution in [3.8, 4) is 11.5 Å². The van der Waals surface area contributed by atoms with Gasteiger partial charge in [-0.15, -0.1) is 0 Å². The molecule has 0 spiro atoms. The van der Waals surface area contributed by atoms with Crippen LogP contribution in [-0.2, 0) is 16.0 Å². The maximum absolute atomic E-state index is 11.9. The van der Waals surface area contributed by atoms with Crippen LogP contribution in [-0.4, -0.2) is 38.3 Å². The van der Waals surface area contributed by atoms with Gasteiger partial charge in [-0.05, 0) is 24.1 Å². The molecule has 2 rings (SSSR count). The van der Waals surface area contributed by atoms with Gasteiger partial charge in [0.2, 0.25) is 5.91 Å². The predicted octanol–water partition coefficient (Wildman–Crippen LogP) is 0.628. The summed E-state index contributed by atoms with van der Waals surface area (Å²) in [5.41, 5.74) is 3.69. The number of methoxy groups -OCH3 is 2. The molecule has 0 aromatic heterocycles. The van der Waals surface area contributed by atoms with Crippen LogP contribution < -0.4 is 20.2 Å². The van der Waals surface area contributed by atoms with Crippen molar-refractivity contribution < 1.29 is 19.1 Å². The van der Waals surface area contributed by atoms with Crippen LogP contribution in [0.25, 0.3) is 0 Å². The number of hydrogen-bond donors (Lipinski definition) is 2. The molecule has 118 valence electrons. The highest BCUT2D eigenvalue weighted by atomic mass is 16.5. The molecule has 2 N–H and O–H groups in total. The summed E-state index contributed by atoms with van der Waals surface area (Å²) in [6.45, 7) is 0.473. The van der Waals surface area contributed by atoms with Crippen molar-refractivity contribution in [3.63, 3.8) is 0 Å². The lowest BCUT2D eigenvalue weighted by Gasteiger charge is -2.12. The van der Waals surface area contributed by atoms with Crippen LogP contribution in [0.2, 0.25) is 0 Å². The topological polar surface area (TPSA) is 89.0 Å². The molecular weight excluding hydrogens is 286 g/mol.